The van der Waals surface area contributed by atoms with E-state index in [-0.39, 0.29) is 0 Å². The van der Waals surface area contributed by atoms with Crippen LogP contribution in [0.1, 0.15) is 27.2 Å². The molecule has 0 saturated carbocycles. The molecule has 0 atom stereocenters. The standard InChI is InChI=1S/C13H11BrO2S/c1-8-12(13(15)16)11(7-17-8)9-3-2-4-10(14)6-5-9/h2,4-7H,3H2,1H3,(H,15,16). The third kappa shape index (κ3) is 2.58. The van der Waals surface area contributed by atoms with E-state index in [1.54, 1.807) is 0 Å². The van der Waals surface area contributed by atoms with Crippen LogP contribution in [0.5, 0.6) is 0 Å². The lowest BCUT2D eigenvalue weighted by Gasteiger charge is -2.03. The summed E-state index contributed by atoms with van der Waals surface area (Å²) in [6, 6.07) is 0. The first-order valence-corrected chi connectivity index (χ1v) is 6.81. The molecule has 0 bridgehead atoms. The smallest absolute Gasteiger partial charge is 0.337 e. The lowest BCUT2D eigenvalue weighted by atomic mass is 10.0. The summed E-state index contributed by atoms with van der Waals surface area (Å²) >= 11 is 4.89. The Hall–Kier alpha value is -1.13. The summed E-state index contributed by atoms with van der Waals surface area (Å²) in [5.41, 5.74) is 2.31. The highest BCUT2D eigenvalue weighted by Gasteiger charge is 2.17. The van der Waals surface area contributed by atoms with Gasteiger partial charge in [-0.2, -0.15) is 0 Å². The van der Waals surface area contributed by atoms with Gasteiger partial charge in [-0.25, -0.2) is 4.79 Å². The minimum absolute atomic E-state index is 0.432. The van der Waals surface area contributed by atoms with E-state index in [1.807, 2.05) is 36.6 Å². The number of carbonyl (C=O) groups is 1. The first kappa shape index (κ1) is 12.3. The Bertz CT molecular complexity index is 550. The van der Waals surface area contributed by atoms with E-state index in [4.69, 9.17) is 0 Å². The van der Waals surface area contributed by atoms with E-state index >= 15 is 0 Å². The molecule has 88 valence electrons. The van der Waals surface area contributed by atoms with Crippen LogP contribution in [0.3, 0.4) is 0 Å². The number of hydrogen-bond donors (Lipinski definition) is 1. The van der Waals surface area contributed by atoms with Crippen molar-refractivity contribution in [1.82, 2.24) is 0 Å². The first-order chi connectivity index (χ1) is 8.09. The fourth-order valence-corrected chi connectivity index (χ4v) is 2.96. The number of hydrogen-bond acceptors (Lipinski definition) is 2. The van der Waals surface area contributed by atoms with E-state index in [0.29, 0.717) is 5.56 Å². The van der Waals surface area contributed by atoms with Gasteiger partial charge in [0.1, 0.15) is 0 Å². The van der Waals surface area contributed by atoms with Gasteiger partial charge in [-0.1, -0.05) is 34.2 Å². The van der Waals surface area contributed by atoms with Crippen molar-refractivity contribution < 1.29 is 9.90 Å². The third-order valence-corrected chi connectivity index (χ3v) is 4.03. The second-order valence-electron chi connectivity index (χ2n) is 3.74. The number of halogens is 1. The molecule has 0 fully saturated rings. The number of carboxylic acids is 1. The van der Waals surface area contributed by atoms with Gasteiger partial charge in [0.2, 0.25) is 0 Å². The molecule has 2 rings (SSSR count). The molecule has 0 spiro atoms. The van der Waals surface area contributed by atoms with E-state index in [2.05, 4.69) is 15.9 Å². The number of rotatable bonds is 2. The summed E-state index contributed by atoms with van der Waals surface area (Å²) < 4.78 is 0.997. The van der Waals surface area contributed by atoms with Gasteiger partial charge in [0.25, 0.3) is 0 Å². The van der Waals surface area contributed by atoms with Crippen LogP contribution in [-0.4, -0.2) is 11.1 Å². The van der Waals surface area contributed by atoms with Gasteiger partial charge in [-0.3, -0.25) is 0 Å². The monoisotopic (exact) mass is 310 g/mol. The van der Waals surface area contributed by atoms with Gasteiger partial charge in [0.15, 0.2) is 0 Å². The van der Waals surface area contributed by atoms with E-state index in [1.165, 1.54) is 11.3 Å². The van der Waals surface area contributed by atoms with E-state index in [9.17, 15) is 9.90 Å². The van der Waals surface area contributed by atoms with Crippen LogP contribution in [0.4, 0.5) is 0 Å². The lowest BCUT2D eigenvalue weighted by Crippen LogP contribution is -2.00. The molecule has 4 heteroatoms. The Balaban J connectivity index is 2.48. The predicted octanol–water partition coefficient (Wildman–Crippen LogP) is 4.38. The molecule has 1 aromatic heterocycles. The van der Waals surface area contributed by atoms with Crippen molar-refractivity contribution in [2.24, 2.45) is 0 Å². The lowest BCUT2D eigenvalue weighted by molar-refractivity contribution is 0.0696. The number of allylic oxidation sites excluding steroid dienone is 6. The van der Waals surface area contributed by atoms with Gasteiger partial charge in [0, 0.05) is 14.9 Å². The summed E-state index contributed by atoms with van der Waals surface area (Å²) in [5, 5.41) is 11.1. The molecule has 0 aromatic carbocycles. The number of aryl methyl sites for hydroxylation is 1. The summed E-state index contributed by atoms with van der Waals surface area (Å²) in [7, 11) is 0. The van der Waals surface area contributed by atoms with Crippen molar-refractivity contribution in [2.45, 2.75) is 13.3 Å². The van der Waals surface area contributed by atoms with Gasteiger partial charge in [-0.15, -0.1) is 11.3 Å². The van der Waals surface area contributed by atoms with Crippen LogP contribution in [0, 0.1) is 6.92 Å². The van der Waals surface area contributed by atoms with Crippen molar-refractivity contribution >= 4 is 38.8 Å². The molecular weight excluding hydrogens is 300 g/mol. The number of thiophene rings is 1. The van der Waals surface area contributed by atoms with Crippen LogP contribution in [0.15, 0.2) is 34.2 Å². The third-order valence-electron chi connectivity index (χ3n) is 2.59. The van der Waals surface area contributed by atoms with Crippen molar-refractivity contribution in [3.05, 3.63) is 50.2 Å². The predicted molar refractivity (Wildman–Crippen MR) is 74.8 cm³/mol. The molecule has 1 N–H and O–H groups in total. The molecular formula is C13H11BrO2S. The second kappa shape index (κ2) is 5.02. The van der Waals surface area contributed by atoms with Gasteiger partial charge >= 0.3 is 5.97 Å². The van der Waals surface area contributed by atoms with Crippen molar-refractivity contribution in [3.63, 3.8) is 0 Å². The molecule has 0 unspecified atom stereocenters. The average Bonchev–Trinajstić information content (AvgIpc) is 2.51. The maximum atomic E-state index is 11.2. The first-order valence-electron chi connectivity index (χ1n) is 5.14. The molecule has 0 saturated heterocycles. The van der Waals surface area contributed by atoms with Crippen LogP contribution in [-0.2, 0) is 0 Å². The molecule has 0 aliphatic heterocycles. The average molecular weight is 311 g/mol. The van der Waals surface area contributed by atoms with Crippen LogP contribution in [0.2, 0.25) is 0 Å². The largest absolute Gasteiger partial charge is 0.478 e. The van der Waals surface area contributed by atoms with Crippen molar-refractivity contribution in [3.8, 4) is 0 Å². The van der Waals surface area contributed by atoms with Crippen molar-refractivity contribution in [2.75, 3.05) is 0 Å². The quantitative estimate of drug-likeness (QED) is 0.880. The summed E-state index contributed by atoms with van der Waals surface area (Å²) in [6.45, 7) is 1.84. The highest BCUT2D eigenvalue weighted by molar-refractivity contribution is 9.11. The molecule has 0 amide bonds. The van der Waals surface area contributed by atoms with Gasteiger partial charge in [-0.05, 0) is 30.4 Å². The Morgan fingerprint density at radius 1 is 1.47 bits per heavy atom. The minimum atomic E-state index is -0.851. The van der Waals surface area contributed by atoms with Crippen molar-refractivity contribution in [1.29, 1.82) is 0 Å². The van der Waals surface area contributed by atoms with Gasteiger partial charge < -0.3 is 5.11 Å². The topological polar surface area (TPSA) is 37.3 Å². The molecule has 1 aliphatic carbocycles. The highest BCUT2D eigenvalue weighted by atomic mass is 79.9. The second-order valence-corrected chi connectivity index (χ2v) is 5.74. The zero-order valence-corrected chi connectivity index (χ0v) is 11.6. The van der Waals surface area contributed by atoms with E-state index < -0.39 is 5.97 Å². The van der Waals surface area contributed by atoms with Crippen LogP contribution in [0.25, 0.3) is 5.57 Å². The summed E-state index contributed by atoms with van der Waals surface area (Å²) in [6.07, 6.45) is 8.67. The van der Waals surface area contributed by atoms with Crippen LogP contribution < -0.4 is 0 Å². The molecule has 1 aliphatic rings. The Morgan fingerprint density at radius 2 is 2.24 bits per heavy atom. The van der Waals surface area contributed by atoms with Gasteiger partial charge in [0.05, 0.1) is 5.56 Å². The molecule has 1 aromatic rings. The maximum Gasteiger partial charge on any atom is 0.337 e. The van der Waals surface area contributed by atoms with E-state index in [0.717, 1.165) is 26.9 Å². The maximum absolute atomic E-state index is 11.2. The number of carboxylic acid groups (broad SMARTS) is 1. The zero-order valence-electron chi connectivity index (χ0n) is 9.24. The molecule has 1 heterocycles. The Kier molecular flexibility index (Phi) is 3.64. The fourth-order valence-electron chi connectivity index (χ4n) is 1.76. The molecule has 2 nitrogen and oxygen atoms in total. The van der Waals surface area contributed by atoms with Crippen LogP contribution >= 0.6 is 27.3 Å². The summed E-state index contributed by atoms with van der Waals surface area (Å²) in [5.74, 6) is -0.851. The zero-order chi connectivity index (χ0) is 12.4. The Labute approximate surface area is 112 Å². The SMILES string of the molecule is Cc1scc(C2=CC=C(Br)C=CC2)c1C(=O)O. The summed E-state index contributed by atoms with van der Waals surface area (Å²) in [4.78, 5) is 12.1. The normalized spacial score (nSPS) is 15.2. The molecule has 0 radical (unpaired) electrons. The highest BCUT2D eigenvalue weighted by Crippen LogP contribution is 2.31. The minimum Gasteiger partial charge on any atom is -0.478 e. The number of aromatic carboxylic acids is 1. The Morgan fingerprint density at radius 3 is 2.94 bits per heavy atom. The molecule has 17 heavy (non-hydrogen) atoms. The fraction of sp³-hybridized carbons (Fsp3) is 0.154.